The number of carbonyl (C=O) groups is 3. The maximum absolute atomic E-state index is 12.5. The van der Waals surface area contributed by atoms with Gasteiger partial charge in [0.1, 0.15) is 18.7 Å². The summed E-state index contributed by atoms with van der Waals surface area (Å²) in [6.45, 7) is 1.20. The number of benzene rings is 2. The van der Waals surface area contributed by atoms with Crippen molar-refractivity contribution in [2.45, 2.75) is 37.5 Å². The van der Waals surface area contributed by atoms with Crippen LogP contribution in [0.3, 0.4) is 0 Å². The van der Waals surface area contributed by atoms with E-state index in [0.29, 0.717) is 0 Å². The molecule has 0 fully saturated rings. The lowest BCUT2D eigenvalue weighted by Crippen LogP contribution is -2.51. The van der Waals surface area contributed by atoms with Crippen LogP contribution in [0.5, 0.6) is 0 Å². The number of aliphatic carboxylic acids is 1. The van der Waals surface area contributed by atoms with Crippen LogP contribution in [0.4, 0.5) is 18.0 Å². The van der Waals surface area contributed by atoms with Crippen LogP contribution in [-0.2, 0) is 14.3 Å². The first-order valence-corrected chi connectivity index (χ1v) is 9.78. The summed E-state index contributed by atoms with van der Waals surface area (Å²) in [4.78, 5) is 35.2. The van der Waals surface area contributed by atoms with Crippen molar-refractivity contribution in [3.05, 3.63) is 59.7 Å². The van der Waals surface area contributed by atoms with Crippen LogP contribution in [0, 0.1) is 0 Å². The molecule has 0 aliphatic heterocycles. The number of fused-ring (bicyclic) bond motifs is 3. The Morgan fingerprint density at radius 3 is 2.03 bits per heavy atom. The highest BCUT2D eigenvalue weighted by Gasteiger charge is 2.37. The van der Waals surface area contributed by atoms with E-state index in [0.717, 1.165) is 22.3 Å². The third-order valence-electron chi connectivity index (χ3n) is 5.12. The molecule has 2 aromatic rings. The number of ether oxygens (including phenoxy) is 1. The molecular formula is C22H21F3N2O5. The monoisotopic (exact) mass is 450 g/mol. The second-order valence-corrected chi connectivity index (χ2v) is 7.41. The summed E-state index contributed by atoms with van der Waals surface area (Å²) in [6.07, 6.45) is -7.46. The smallest absolute Gasteiger partial charge is 0.407 e. The van der Waals surface area contributed by atoms with Gasteiger partial charge in [0.25, 0.3) is 0 Å². The number of nitrogens with one attached hydrogen (secondary N) is 2. The fourth-order valence-electron chi connectivity index (χ4n) is 3.61. The molecule has 32 heavy (non-hydrogen) atoms. The summed E-state index contributed by atoms with van der Waals surface area (Å²) in [5, 5.41) is 12.9. The highest BCUT2D eigenvalue weighted by atomic mass is 19.4. The summed E-state index contributed by atoms with van der Waals surface area (Å²) in [7, 11) is 0. The molecule has 0 saturated heterocycles. The van der Waals surface area contributed by atoms with Gasteiger partial charge in [-0.15, -0.1) is 0 Å². The number of alkyl carbamates (subject to hydrolysis) is 1. The lowest BCUT2D eigenvalue weighted by molar-refractivity contribution is -0.160. The quantitative estimate of drug-likeness (QED) is 0.600. The third-order valence-corrected chi connectivity index (χ3v) is 5.12. The number of alkyl halides is 3. The summed E-state index contributed by atoms with van der Waals surface area (Å²) in [6, 6.07) is 11.9. The molecule has 2 aromatic carbocycles. The summed E-state index contributed by atoms with van der Waals surface area (Å²) >= 11 is 0. The molecule has 2 unspecified atom stereocenters. The van der Waals surface area contributed by atoms with Crippen molar-refractivity contribution in [3.63, 3.8) is 0 Å². The van der Waals surface area contributed by atoms with Gasteiger partial charge in [0, 0.05) is 5.92 Å². The van der Waals surface area contributed by atoms with Crippen molar-refractivity contribution in [3.8, 4) is 11.1 Å². The molecule has 0 aromatic heterocycles. The molecule has 3 N–H and O–H groups in total. The molecule has 170 valence electrons. The molecule has 0 spiro atoms. The Kier molecular flexibility index (Phi) is 6.71. The Labute approximate surface area is 181 Å². The summed E-state index contributed by atoms with van der Waals surface area (Å²) in [5.74, 6) is -3.11. The van der Waals surface area contributed by atoms with Crippen LogP contribution in [-0.4, -0.2) is 47.9 Å². The van der Waals surface area contributed by atoms with Crippen molar-refractivity contribution in [2.24, 2.45) is 0 Å². The molecule has 10 heteroatoms. The average Bonchev–Trinajstić information content (AvgIpc) is 3.04. The molecule has 2 atom stereocenters. The van der Waals surface area contributed by atoms with Crippen molar-refractivity contribution >= 4 is 18.0 Å². The minimum absolute atomic E-state index is 0.0139. The van der Waals surface area contributed by atoms with Crippen LogP contribution in [0.2, 0.25) is 0 Å². The molecule has 0 heterocycles. The molecule has 0 saturated carbocycles. The van der Waals surface area contributed by atoms with E-state index < -0.39 is 42.7 Å². The molecule has 2 amide bonds. The maximum atomic E-state index is 12.5. The molecule has 1 aliphatic rings. The predicted molar refractivity (Wildman–Crippen MR) is 108 cm³/mol. The van der Waals surface area contributed by atoms with Crippen LogP contribution < -0.4 is 10.6 Å². The minimum atomic E-state index is -4.78. The predicted octanol–water partition coefficient (Wildman–Crippen LogP) is 3.44. The number of hydrogen-bond donors (Lipinski definition) is 3. The Morgan fingerprint density at radius 1 is 1.00 bits per heavy atom. The lowest BCUT2D eigenvalue weighted by Gasteiger charge is -2.20. The van der Waals surface area contributed by atoms with E-state index in [2.05, 4.69) is 5.32 Å². The number of amides is 2. The average molecular weight is 450 g/mol. The van der Waals surface area contributed by atoms with Crippen LogP contribution in [0.15, 0.2) is 48.5 Å². The Morgan fingerprint density at radius 2 is 1.53 bits per heavy atom. The van der Waals surface area contributed by atoms with E-state index in [4.69, 9.17) is 9.84 Å². The van der Waals surface area contributed by atoms with E-state index in [1.165, 1.54) is 6.92 Å². The molecule has 0 radical (unpaired) electrons. The Bertz CT molecular complexity index is 979. The van der Waals surface area contributed by atoms with E-state index in [1.54, 1.807) is 5.32 Å². The minimum Gasteiger partial charge on any atom is -0.480 e. The van der Waals surface area contributed by atoms with Gasteiger partial charge in [-0.25, -0.2) is 9.59 Å². The number of carboxylic acids is 1. The summed E-state index contributed by atoms with van der Waals surface area (Å²) < 4.78 is 42.7. The number of carbonyl (C=O) groups excluding carboxylic acids is 2. The van der Waals surface area contributed by atoms with Gasteiger partial charge in [0.05, 0.1) is 6.42 Å². The Balaban J connectivity index is 1.58. The number of rotatable bonds is 7. The highest BCUT2D eigenvalue weighted by molar-refractivity contribution is 5.89. The molecule has 7 nitrogen and oxygen atoms in total. The lowest BCUT2D eigenvalue weighted by atomic mass is 9.98. The zero-order valence-electron chi connectivity index (χ0n) is 17.0. The van der Waals surface area contributed by atoms with Gasteiger partial charge in [0.15, 0.2) is 0 Å². The first kappa shape index (κ1) is 23.1. The van der Waals surface area contributed by atoms with Crippen molar-refractivity contribution in [1.82, 2.24) is 10.6 Å². The van der Waals surface area contributed by atoms with E-state index in [1.807, 2.05) is 48.5 Å². The highest BCUT2D eigenvalue weighted by Crippen LogP contribution is 2.44. The van der Waals surface area contributed by atoms with Crippen molar-refractivity contribution in [2.75, 3.05) is 6.61 Å². The SMILES string of the molecule is CC(NC(=O)OCC1c2ccccc2-c2ccccc21)C(=O)NC(CC(F)(F)F)C(=O)O. The van der Waals surface area contributed by atoms with Crippen LogP contribution in [0.25, 0.3) is 11.1 Å². The normalized spacial score (nSPS) is 14.6. The largest absolute Gasteiger partial charge is 0.480 e. The molecular weight excluding hydrogens is 429 g/mol. The zero-order chi connectivity index (χ0) is 23.5. The van der Waals surface area contributed by atoms with E-state index >= 15 is 0 Å². The number of hydrogen-bond acceptors (Lipinski definition) is 4. The van der Waals surface area contributed by atoms with Gasteiger partial charge in [-0.05, 0) is 29.2 Å². The number of halogens is 3. The molecule has 3 rings (SSSR count). The van der Waals surface area contributed by atoms with Crippen molar-refractivity contribution in [1.29, 1.82) is 0 Å². The topological polar surface area (TPSA) is 105 Å². The van der Waals surface area contributed by atoms with E-state index in [9.17, 15) is 27.6 Å². The van der Waals surface area contributed by atoms with Gasteiger partial charge < -0.3 is 20.5 Å². The summed E-state index contributed by atoms with van der Waals surface area (Å²) in [5.41, 5.74) is 4.05. The molecule has 1 aliphatic carbocycles. The first-order valence-electron chi connectivity index (χ1n) is 9.78. The third kappa shape index (κ3) is 5.37. The maximum Gasteiger partial charge on any atom is 0.407 e. The zero-order valence-corrected chi connectivity index (χ0v) is 17.0. The van der Waals surface area contributed by atoms with Crippen LogP contribution >= 0.6 is 0 Å². The first-order chi connectivity index (χ1) is 15.1. The standard InChI is InChI=1S/C22H21F3N2O5/c1-12(19(28)27-18(20(29)30)10-22(23,24)25)26-21(31)32-11-17-15-8-4-2-6-13(15)14-7-3-5-9-16(14)17/h2-9,12,17-18H,10-11H2,1H3,(H,26,31)(H,27,28)(H,29,30). The Hall–Kier alpha value is -3.56. The van der Waals surface area contributed by atoms with Gasteiger partial charge in [-0.2, -0.15) is 13.2 Å². The van der Waals surface area contributed by atoms with Gasteiger partial charge >= 0.3 is 18.2 Å². The van der Waals surface area contributed by atoms with E-state index in [-0.39, 0.29) is 12.5 Å². The second kappa shape index (κ2) is 9.29. The fraction of sp³-hybridized carbons (Fsp3) is 0.318. The molecule has 0 bridgehead atoms. The van der Waals surface area contributed by atoms with Crippen LogP contribution in [0.1, 0.15) is 30.4 Å². The van der Waals surface area contributed by atoms with Gasteiger partial charge in [-0.1, -0.05) is 48.5 Å². The fourth-order valence-corrected chi connectivity index (χ4v) is 3.61. The number of carboxylic acid groups (broad SMARTS) is 1. The van der Waals surface area contributed by atoms with Gasteiger partial charge in [0.2, 0.25) is 5.91 Å². The van der Waals surface area contributed by atoms with Crippen molar-refractivity contribution < 1.29 is 37.4 Å². The second-order valence-electron chi connectivity index (χ2n) is 7.41. The van der Waals surface area contributed by atoms with Gasteiger partial charge in [-0.3, -0.25) is 4.79 Å².